The number of hydrogen-bond donors (Lipinski definition) is 1. The molecule has 7 heteroatoms. The van der Waals surface area contributed by atoms with Crippen molar-refractivity contribution in [2.45, 2.75) is 31.9 Å². The smallest absolute Gasteiger partial charge is 0.411 e. The highest BCUT2D eigenvalue weighted by atomic mass is 16.6. The summed E-state index contributed by atoms with van der Waals surface area (Å²) >= 11 is 0. The van der Waals surface area contributed by atoms with Gasteiger partial charge >= 0.3 is 12.2 Å². The Morgan fingerprint density at radius 1 is 1.04 bits per heavy atom. The van der Waals surface area contributed by atoms with Gasteiger partial charge in [-0.25, -0.2) is 9.59 Å². The normalized spacial score (nSPS) is 18.3. The van der Waals surface area contributed by atoms with Crippen LogP contribution in [0.3, 0.4) is 0 Å². The van der Waals surface area contributed by atoms with Crippen LogP contribution in [0.25, 0.3) is 0 Å². The second-order valence-corrected chi connectivity index (χ2v) is 6.48. The molecule has 0 bridgehead atoms. The van der Waals surface area contributed by atoms with Crippen molar-refractivity contribution >= 4 is 12.2 Å². The van der Waals surface area contributed by atoms with Gasteiger partial charge in [-0.2, -0.15) is 0 Å². The number of ether oxygens (including phenoxy) is 2. The topological polar surface area (TPSA) is 71.1 Å². The summed E-state index contributed by atoms with van der Waals surface area (Å²) in [7, 11) is 0. The third-order valence-electron chi connectivity index (χ3n) is 4.61. The van der Waals surface area contributed by atoms with Gasteiger partial charge in [0.25, 0.3) is 0 Å². The number of alkyl carbamates (subject to hydrolysis) is 1. The maximum absolute atomic E-state index is 11.9. The zero-order valence-electron chi connectivity index (χ0n) is 14.4. The zero-order valence-corrected chi connectivity index (χ0v) is 14.4. The van der Waals surface area contributed by atoms with Crippen LogP contribution in [0.5, 0.6) is 0 Å². The molecule has 3 rings (SSSR count). The Morgan fingerprint density at radius 2 is 1.76 bits per heavy atom. The van der Waals surface area contributed by atoms with E-state index in [1.165, 1.54) is 0 Å². The lowest BCUT2D eigenvalue weighted by atomic mass is 10.1. The van der Waals surface area contributed by atoms with Crippen LogP contribution in [0.4, 0.5) is 9.59 Å². The predicted octanol–water partition coefficient (Wildman–Crippen LogP) is 2.18. The lowest BCUT2D eigenvalue weighted by Crippen LogP contribution is -2.47. The number of hydrogen-bond acceptors (Lipinski definition) is 5. The van der Waals surface area contributed by atoms with Crippen molar-refractivity contribution in [2.24, 2.45) is 0 Å². The molecular weight excluding hydrogens is 322 g/mol. The molecule has 1 aromatic carbocycles. The van der Waals surface area contributed by atoms with Gasteiger partial charge in [0.1, 0.15) is 13.3 Å². The van der Waals surface area contributed by atoms with Crippen molar-refractivity contribution < 1.29 is 19.1 Å². The zero-order chi connectivity index (χ0) is 17.5. The first-order valence-corrected chi connectivity index (χ1v) is 8.82. The fourth-order valence-electron chi connectivity index (χ4n) is 2.87. The fourth-order valence-corrected chi connectivity index (χ4v) is 2.87. The van der Waals surface area contributed by atoms with Crippen LogP contribution >= 0.6 is 0 Å². The van der Waals surface area contributed by atoms with Crippen molar-refractivity contribution in [1.82, 2.24) is 15.1 Å². The Kier molecular flexibility index (Phi) is 6.11. The highest BCUT2D eigenvalue weighted by Crippen LogP contribution is 2.12. The van der Waals surface area contributed by atoms with Crippen molar-refractivity contribution in [1.29, 1.82) is 0 Å². The van der Waals surface area contributed by atoms with Crippen molar-refractivity contribution in [3.8, 4) is 0 Å². The maximum atomic E-state index is 11.9. The number of piperidine rings is 1. The van der Waals surface area contributed by atoms with Crippen LogP contribution in [-0.4, -0.2) is 60.9 Å². The van der Waals surface area contributed by atoms with E-state index in [1.807, 2.05) is 30.3 Å². The minimum Gasteiger partial charge on any atom is -0.445 e. The standard InChI is InChI=1S/C18H25N3O4/c22-17(24-13-15-5-2-1-3-6-15)19-16-7-11-20(12-8-16)14-25-18(23)21-9-4-10-21/h1-3,5-6,16H,4,7-14H2,(H,19,22). The van der Waals surface area contributed by atoms with Gasteiger partial charge in [-0.1, -0.05) is 30.3 Å². The molecule has 2 aliphatic heterocycles. The van der Waals surface area contributed by atoms with Crippen LogP contribution < -0.4 is 5.32 Å². The molecule has 7 nitrogen and oxygen atoms in total. The maximum Gasteiger partial charge on any atom is 0.411 e. The molecule has 2 fully saturated rings. The molecule has 2 heterocycles. The van der Waals surface area contributed by atoms with E-state index in [0.29, 0.717) is 6.73 Å². The summed E-state index contributed by atoms with van der Waals surface area (Å²) in [5.74, 6) is 0. The molecule has 2 saturated heterocycles. The number of carbonyl (C=O) groups excluding carboxylic acids is 2. The van der Waals surface area contributed by atoms with Crippen LogP contribution in [-0.2, 0) is 16.1 Å². The Bertz CT molecular complexity index is 569. The average molecular weight is 347 g/mol. The predicted molar refractivity (Wildman–Crippen MR) is 91.9 cm³/mol. The molecule has 2 amide bonds. The number of nitrogens with zero attached hydrogens (tertiary/aromatic N) is 2. The van der Waals surface area contributed by atoms with Crippen LogP contribution in [0.1, 0.15) is 24.8 Å². The minimum absolute atomic E-state index is 0.102. The summed E-state index contributed by atoms with van der Waals surface area (Å²) in [5, 5.41) is 2.91. The molecule has 0 unspecified atom stereocenters. The van der Waals surface area contributed by atoms with Gasteiger partial charge in [0.2, 0.25) is 0 Å². The second kappa shape index (κ2) is 8.71. The molecule has 0 atom stereocenters. The van der Waals surface area contributed by atoms with Gasteiger partial charge < -0.3 is 19.7 Å². The Balaban J connectivity index is 1.29. The molecule has 0 aromatic heterocycles. The summed E-state index contributed by atoms with van der Waals surface area (Å²) in [5.41, 5.74) is 0.969. The Hall–Kier alpha value is -2.28. The van der Waals surface area contributed by atoms with E-state index in [-0.39, 0.29) is 24.8 Å². The lowest BCUT2D eigenvalue weighted by Gasteiger charge is -2.34. The SMILES string of the molecule is O=C(NC1CCN(COC(=O)N2CCC2)CC1)OCc1ccccc1. The van der Waals surface area contributed by atoms with E-state index >= 15 is 0 Å². The highest BCUT2D eigenvalue weighted by Gasteiger charge is 2.24. The fraction of sp³-hybridized carbons (Fsp3) is 0.556. The van der Waals surface area contributed by atoms with Gasteiger partial charge in [-0.05, 0) is 24.8 Å². The van der Waals surface area contributed by atoms with Gasteiger partial charge in [0, 0.05) is 32.2 Å². The van der Waals surface area contributed by atoms with Crippen molar-refractivity contribution in [3.05, 3.63) is 35.9 Å². The van der Waals surface area contributed by atoms with Gasteiger partial charge in [0.05, 0.1) is 0 Å². The van der Waals surface area contributed by atoms with Crippen LogP contribution in [0, 0.1) is 0 Å². The first-order chi connectivity index (χ1) is 12.2. The summed E-state index contributed by atoms with van der Waals surface area (Å²) in [6.45, 7) is 3.78. The molecule has 1 N–H and O–H groups in total. The molecule has 25 heavy (non-hydrogen) atoms. The number of nitrogens with one attached hydrogen (secondary N) is 1. The van der Waals surface area contributed by atoms with E-state index in [2.05, 4.69) is 10.2 Å². The number of benzene rings is 1. The van der Waals surface area contributed by atoms with Gasteiger partial charge in [-0.15, -0.1) is 0 Å². The molecule has 136 valence electrons. The van der Waals surface area contributed by atoms with E-state index < -0.39 is 0 Å². The molecule has 0 saturated carbocycles. The second-order valence-electron chi connectivity index (χ2n) is 6.48. The largest absolute Gasteiger partial charge is 0.445 e. The first kappa shape index (κ1) is 17.5. The number of carbonyl (C=O) groups is 2. The lowest BCUT2D eigenvalue weighted by molar-refractivity contribution is 0.0218. The molecule has 0 aliphatic carbocycles. The van der Waals surface area contributed by atoms with Crippen molar-refractivity contribution in [3.63, 3.8) is 0 Å². The van der Waals surface area contributed by atoms with E-state index in [9.17, 15) is 9.59 Å². The average Bonchev–Trinajstić information content (AvgIpc) is 2.59. The molecule has 2 aliphatic rings. The monoisotopic (exact) mass is 347 g/mol. The Morgan fingerprint density at radius 3 is 2.40 bits per heavy atom. The van der Waals surface area contributed by atoms with Crippen LogP contribution in [0.2, 0.25) is 0 Å². The summed E-state index contributed by atoms with van der Waals surface area (Å²) in [6, 6.07) is 9.71. The minimum atomic E-state index is -0.383. The third kappa shape index (κ3) is 5.35. The van der Waals surface area contributed by atoms with Crippen molar-refractivity contribution in [2.75, 3.05) is 32.9 Å². The highest BCUT2D eigenvalue weighted by molar-refractivity contribution is 5.68. The van der Waals surface area contributed by atoms with Gasteiger partial charge in [0.15, 0.2) is 0 Å². The first-order valence-electron chi connectivity index (χ1n) is 8.82. The molecule has 1 aromatic rings. The number of rotatable bonds is 5. The van der Waals surface area contributed by atoms with E-state index in [0.717, 1.165) is 51.0 Å². The summed E-state index contributed by atoms with van der Waals surface area (Å²) < 4.78 is 10.5. The van der Waals surface area contributed by atoms with E-state index in [1.54, 1.807) is 4.90 Å². The molecular formula is C18H25N3O4. The summed E-state index contributed by atoms with van der Waals surface area (Å²) in [4.78, 5) is 27.3. The summed E-state index contributed by atoms with van der Waals surface area (Å²) in [6.07, 6.45) is 2.10. The number of likely N-dealkylation sites (tertiary alicyclic amines) is 2. The third-order valence-corrected chi connectivity index (χ3v) is 4.61. The van der Waals surface area contributed by atoms with Crippen LogP contribution in [0.15, 0.2) is 30.3 Å². The van der Waals surface area contributed by atoms with Gasteiger partial charge in [-0.3, -0.25) is 4.90 Å². The number of amides is 2. The molecule has 0 spiro atoms. The molecule has 0 radical (unpaired) electrons. The quantitative estimate of drug-likeness (QED) is 0.884. The van der Waals surface area contributed by atoms with E-state index in [4.69, 9.17) is 9.47 Å². The Labute approximate surface area is 147 Å².